The Labute approximate surface area is 138 Å². The van der Waals surface area contributed by atoms with Crippen LogP contribution >= 0.6 is 0 Å². The van der Waals surface area contributed by atoms with Gasteiger partial charge in [-0.15, -0.1) is 0 Å². The molecule has 0 saturated carbocycles. The third kappa shape index (κ3) is 4.18. The van der Waals surface area contributed by atoms with E-state index in [0.717, 1.165) is 6.07 Å². The van der Waals surface area contributed by atoms with Crippen LogP contribution in [0, 0.1) is 0 Å². The molecule has 0 aliphatic carbocycles. The number of benzene rings is 1. The lowest BCUT2D eigenvalue weighted by Gasteiger charge is -2.25. The number of carbonyl (C=O) groups is 2. The van der Waals surface area contributed by atoms with Crippen LogP contribution in [0.5, 0.6) is 0 Å². The normalized spacial score (nSPS) is 17.9. The van der Waals surface area contributed by atoms with E-state index in [1.165, 1.54) is 23.1 Å². The summed E-state index contributed by atoms with van der Waals surface area (Å²) in [6.07, 6.45) is -3.44. The van der Waals surface area contributed by atoms with Gasteiger partial charge in [-0.1, -0.05) is 12.1 Å². The maximum Gasteiger partial charge on any atom is 0.418 e. The first-order chi connectivity index (χ1) is 11.2. The number of halogens is 3. The van der Waals surface area contributed by atoms with Crippen LogP contribution in [0.1, 0.15) is 32.3 Å². The smallest absolute Gasteiger partial charge is 0.352 e. The van der Waals surface area contributed by atoms with Gasteiger partial charge in [0.25, 0.3) is 0 Å². The molecule has 132 valence electrons. The number of hydrogen-bond donors (Lipinski definition) is 2. The third-order valence-electron chi connectivity index (χ3n) is 3.72. The fourth-order valence-electron chi connectivity index (χ4n) is 2.69. The van der Waals surface area contributed by atoms with Gasteiger partial charge >= 0.3 is 12.2 Å². The van der Waals surface area contributed by atoms with E-state index in [-0.39, 0.29) is 17.6 Å². The second kappa shape index (κ2) is 7.11. The lowest BCUT2D eigenvalue weighted by Crippen LogP contribution is -2.49. The standard InChI is InChI=1S/C16H20F3N3O2/c1-10(2)20-14(23)13-8-5-9-22(13)15(24)21-12-7-4-3-6-11(12)16(17,18)19/h3-4,6-7,10,13H,5,8-9H2,1-2H3,(H,20,23)(H,21,24)/t13-/m0/s1. The predicted octanol–water partition coefficient (Wildman–Crippen LogP) is 3.23. The highest BCUT2D eigenvalue weighted by molar-refractivity contribution is 5.94. The van der Waals surface area contributed by atoms with Crippen molar-refractivity contribution in [3.63, 3.8) is 0 Å². The fourth-order valence-corrected chi connectivity index (χ4v) is 2.69. The first-order valence-electron chi connectivity index (χ1n) is 7.74. The molecule has 1 fully saturated rings. The molecule has 1 saturated heterocycles. The van der Waals surface area contributed by atoms with Crippen LogP contribution in [0.25, 0.3) is 0 Å². The average Bonchev–Trinajstić information content (AvgIpc) is 2.95. The van der Waals surface area contributed by atoms with Gasteiger partial charge in [0.2, 0.25) is 5.91 Å². The van der Waals surface area contributed by atoms with E-state index >= 15 is 0 Å². The minimum atomic E-state index is -4.57. The Balaban J connectivity index is 2.14. The Hall–Kier alpha value is -2.25. The molecule has 3 amide bonds. The van der Waals surface area contributed by atoms with Crippen LogP contribution in [0.4, 0.5) is 23.7 Å². The highest BCUT2D eigenvalue weighted by atomic mass is 19.4. The summed E-state index contributed by atoms with van der Waals surface area (Å²) in [5.74, 6) is -0.290. The van der Waals surface area contributed by atoms with Gasteiger partial charge in [0.05, 0.1) is 11.3 Å². The lowest BCUT2D eigenvalue weighted by molar-refractivity contribution is -0.137. The van der Waals surface area contributed by atoms with Crippen molar-refractivity contribution in [2.75, 3.05) is 11.9 Å². The Morgan fingerprint density at radius 1 is 1.25 bits per heavy atom. The fraction of sp³-hybridized carbons (Fsp3) is 0.500. The molecule has 1 aromatic rings. The van der Waals surface area contributed by atoms with Crippen LogP contribution in [-0.4, -0.2) is 35.5 Å². The van der Waals surface area contributed by atoms with E-state index in [9.17, 15) is 22.8 Å². The summed E-state index contributed by atoms with van der Waals surface area (Å²) < 4.78 is 39.0. The van der Waals surface area contributed by atoms with Crippen LogP contribution < -0.4 is 10.6 Å². The molecule has 1 aromatic carbocycles. The molecule has 1 heterocycles. The van der Waals surface area contributed by atoms with E-state index in [2.05, 4.69) is 10.6 Å². The number of amides is 3. The van der Waals surface area contributed by atoms with Crippen molar-refractivity contribution in [2.24, 2.45) is 0 Å². The predicted molar refractivity (Wildman–Crippen MR) is 83.5 cm³/mol. The largest absolute Gasteiger partial charge is 0.418 e. The van der Waals surface area contributed by atoms with Crippen molar-refractivity contribution in [2.45, 2.75) is 44.9 Å². The molecule has 1 aliphatic rings. The highest BCUT2D eigenvalue weighted by Gasteiger charge is 2.37. The highest BCUT2D eigenvalue weighted by Crippen LogP contribution is 2.34. The Bertz CT molecular complexity index is 617. The molecule has 8 heteroatoms. The van der Waals surface area contributed by atoms with Gasteiger partial charge in [0.15, 0.2) is 0 Å². The summed E-state index contributed by atoms with van der Waals surface area (Å²) in [6.45, 7) is 3.93. The van der Waals surface area contributed by atoms with Crippen molar-refractivity contribution in [1.82, 2.24) is 10.2 Å². The number of nitrogens with zero attached hydrogens (tertiary/aromatic N) is 1. The summed E-state index contributed by atoms with van der Waals surface area (Å²) in [5, 5.41) is 5.01. The number of alkyl halides is 3. The van der Waals surface area contributed by atoms with E-state index in [1.54, 1.807) is 13.8 Å². The minimum Gasteiger partial charge on any atom is -0.352 e. The number of rotatable bonds is 3. The van der Waals surface area contributed by atoms with Crippen molar-refractivity contribution < 1.29 is 22.8 Å². The average molecular weight is 343 g/mol. The first-order valence-corrected chi connectivity index (χ1v) is 7.74. The van der Waals surface area contributed by atoms with E-state index < -0.39 is 23.8 Å². The number of nitrogens with one attached hydrogen (secondary N) is 2. The van der Waals surface area contributed by atoms with Crippen LogP contribution in [0.15, 0.2) is 24.3 Å². The van der Waals surface area contributed by atoms with Crippen LogP contribution in [-0.2, 0) is 11.0 Å². The number of urea groups is 1. The van der Waals surface area contributed by atoms with Gasteiger partial charge in [0, 0.05) is 12.6 Å². The van der Waals surface area contributed by atoms with E-state index in [0.29, 0.717) is 19.4 Å². The summed E-state index contributed by atoms with van der Waals surface area (Å²) >= 11 is 0. The maximum absolute atomic E-state index is 13.0. The van der Waals surface area contributed by atoms with Gasteiger partial charge < -0.3 is 15.5 Å². The molecule has 5 nitrogen and oxygen atoms in total. The summed E-state index contributed by atoms with van der Waals surface area (Å²) in [4.78, 5) is 25.8. The Morgan fingerprint density at radius 2 is 1.92 bits per heavy atom. The molecule has 1 atom stereocenters. The topological polar surface area (TPSA) is 61.4 Å². The number of likely N-dealkylation sites (tertiary alicyclic amines) is 1. The number of hydrogen-bond acceptors (Lipinski definition) is 2. The van der Waals surface area contributed by atoms with Crippen LogP contribution in [0.3, 0.4) is 0 Å². The zero-order valence-electron chi connectivity index (χ0n) is 13.5. The maximum atomic E-state index is 13.0. The Kier molecular flexibility index (Phi) is 5.36. The zero-order chi connectivity index (χ0) is 17.9. The monoisotopic (exact) mass is 343 g/mol. The second-order valence-electron chi connectivity index (χ2n) is 5.99. The molecule has 0 aromatic heterocycles. The quantitative estimate of drug-likeness (QED) is 0.885. The van der Waals surface area contributed by atoms with Crippen molar-refractivity contribution >= 4 is 17.6 Å². The lowest BCUT2D eigenvalue weighted by atomic mass is 10.1. The molecule has 0 unspecified atom stereocenters. The van der Waals surface area contributed by atoms with Crippen molar-refractivity contribution in [3.8, 4) is 0 Å². The number of carbonyl (C=O) groups excluding carboxylic acids is 2. The molecule has 0 bridgehead atoms. The molecule has 0 radical (unpaired) electrons. The third-order valence-corrected chi connectivity index (χ3v) is 3.72. The van der Waals surface area contributed by atoms with Gasteiger partial charge in [-0.25, -0.2) is 4.79 Å². The zero-order valence-corrected chi connectivity index (χ0v) is 13.5. The van der Waals surface area contributed by atoms with Crippen molar-refractivity contribution in [1.29, 1.82) is 0 Å². The van der Waals surface area contributed by atoms with E-state index in [4.69, 9.17) is 0 Å². The molecular weight excluding hydrogens is 323 g/mol. The summed E-state index contributed by atoms with van der Waals surface area (Å²) in [6, 6.07) is 3.33. The van der Waals surface area contributed by atoms with Gasteiger partial charge in [-0.3, -0.25) is 4.79 Å². The Morgan fingerprint density at radius 3 is 2.54 bits per heavy atom. The van der Waals surface area contributed by atoms with Crippen molar-refractivity contribution in [3.05, 3.63) is 29.8 Å². The molecule has 2 rings (SSSR count). The minimum absolute atomic E-state index is 0.0750. The summed E-state index contributed by atoms with van der Waals surface area (Å²) in [5.41, 5.74) is -1.23. The van der Waals surface area contributed by atoms with E-state index in [1.807, 2.05) is 0 Å². The summed E-state index contributed by atoms with van der Waals surface area (Å²) in [7, 11) is 0. The molecule has 24 heavy (non-hydrogen) atoms. The molecular formula is C16H20F3N3O2. The number of anilines is 1. The van der Waals surface area contributed by atoms with Gasteiger partial charge in [-0.2, -0.15) is 13.2 Å². The molecule has 2 N–H and O–H groups in total. The van der Waals surface area contributed by atoms with Gasteiger partial charge in [0.1, 0.15) is 6.04 Å². The molecule has 1 aliphatic heterocycles. The molecule has 0 spiro atoms. The second-order valence-corrected chi connectivity index (χ2v) is 5.99. The first kappa shape index (κ1) is 18.1. The SMILES string of the molecule is CC(C)NC(=O)[C@@H]1CCCN1C(=O)Nc1ccccc1C(F)(F)F. The van der Waals surface area contributed by atoms with Gasteiger partial charge in [-0.05, 0) is 38.8 Å². The van der Waals surface area contributed by atoms with Crippen LogP contribution in [0.2, 0.25) is 0 Å². The number of para-hydroxylation sites is 1.